The van der Waals surface area contributed by atoms with E-state index in [1.54, 1.807) is 18.2 Å². The van der Waals surface area contributed by atoms with E-state index in [1.807, 2.05) is 29.5 Å². The van der Waals surface area contributed by atoms with Gasteiger partial charge in [-0.15, -0.1) is 28.7 Å². The first-order valence-electron chi connectivity index (χ1n) is 6.46. The number of hydrogen-bond acceptors (Lipinski definition) is 2. The molecule has 2 rings (SSSR count). The van der Waals surface area contributed by atoms with Gasteiger partial charge in [0.2, 0.25) is 5.56 Å². The molecule has 121 valence electrons. The van der Waals surface area contributed by atoms with Crippen molar-refractivity contribution < 1.29 is 46.2 Å². The van der Waals surface area contributed by atoms with Gasteiger partial charge in [0.15, 0.2) is 0 Å². The van der Waals surface area contributed by atoms with Gasteiger partial charge in [-0.1, -0.05) is 27.2 Å². The Kier molecular flexibility index (Phi) is 8.83. The first kappa shape index (κ1) is 21.2. The molecule has 0 aliphatic carbocycles. The number of aromatic nitrogens is 1. The molecule has 0 saturated carbocycles. The van der Waals surface area contributed by atoms with Crippen molar-refractivity contribution in [2.24, 2.45) is 0 Å². The van der Waals surface area contributed by atoms with Gasteiger partial charge in [-0.25, -0.2) is 8.78 Å². The largest absolute Gasteiger partial charge is 0.494 e. The molecular weight excluding hydrogens is 560 g/mol. The van der Waals surface area contributed by atoms with Crippen LogP contribution in [0.4, 0.5) is 8.78 Å². The van der Waals surface area contributed by atoms with Crippen molar-refractivity contribution in [3.8, 4) is 17.0 Å². The zero-order valence-electron chi connectivity index (χ0n) is 12.2. The molecule has 0 atom stereocenters. The molecule has 1 heterocycles. The minimum atomic E-state index is -2.62. The Bertz CT molecular complexity index is 740. The molecule has 1 aromatic carbocycles. The average Bonchev–Trinajstić information content (AvgIpc) is 2.45. The van der Waals surface area contributed by atoms with Gasteiger partial charge in [-0.3, -0.25) is 4.79 Å². The summed E-state index contributed by atoms with van der Waals surface area (Å²) >= 11 is 5.21. The summed E-state index contributed by atoms with van der Waals surface area (Å²) in [5, 5.41) is 0. The number of hydrogen-bond donors (Lipinski definition) is 0. The number of pyridine rings is 1. The number of alkyl halides is 2. The molecule has 0 amide bonds. The van der Waals surface area contributed by atoms with E-state index >= 15 is 0 Å². The molecule has 8 heteroatoms. The fourth-order valence-corrected chi connectivity index (χ4v) is 2.97. The molecule has 0 saturated heterocycles. The number of rotatable bonds is 5. The third kappa shape index (κ3) is 5.31. The predicted octanol–water partition coefficient (Wildman–Crippen LogP) is 4.34. The maximum atomic E-state index is 12.8. The van der Waals surface area contributed by atoms with E-state index in [1.165, 1.54) is 6.07 Å². The molecular formula is C15H12BrF2INO2Y-. The number of ether oxygens (including phenoxy) is 1. The maximum absolute atomic E-state index is 12.8. The first-order chi connectivity index (χ1) is 10.4. The van der Waals surface area contributed by atoms with Crippen LogP contribution in [-0.4, -0.2) is 17.6 Å². The summed E-state index contributed by atoms with van der Waals surface area (Å²) < 4.78 is 33.0. The summed E-state index contributed by atoms with van der Waals surface area (Å²) in [6.07, 6.45) is -2.62. The summed E-state index contributed by atoms with van der Waals surface area (Å²) in [4.78, 5) is 12.1. The molecule has 1 aromatic heterocycles. The van der Waals surface area contributed by atoms with Crippen LogP contribution < -0.4 is 10.3 Å². The van der Waals surface area contributed by atoms with E-state index in [0.29, 0.717) is 31.7 Å². The van der Waals surface area contributed by atoms with E-state index in [9.17, 15) is 13.6 Å². The quantitative estimate of drug-likeness (QED) is 0.395. The standard InChI is InChI=1S/C15H12BrF2INO2.Y/c1-2-22-9-3-4-10(11(16)7-9)13-6-5-12(19)15(21)20(13)8-14(17)18;/h3-5,7,14H,2,8H2,1H3;/q-1;. The Hall–Kier alpha value is 0.144. The van der Waals surface area contributed by atoms with Gasteiger partial charge >= 0.3 is 0 Å². The monoisotopic (exact) mass is 571 g/mol. The summed E-state index contributed by atoms with van der Waals surface area (Å²) in [6.45, 7) is 1.73. The second kappa shape index (κ2) is 9.58. The van der Waals surface area contributed by atoms with Crippen LogP contribution in [0.1, 0.15) is 6.92 Å². The normalized spacial score (nSPS) is 10.5. The van der Waals surface area contributed by atoms with E-state index in [2.05, 4.69) is 22.0 Å². The minimum absolute atomic E-state index is 0. The smallest absolute Gasteiger partial charge is 0.256 e. The van der Waals surface area contributed by atoms with Crippen LogP contribution in [0.2, 0.25) is 0 Å². The Labute approximate surface area is 179 Å². The number of nitrogens with zero attached hydrogens (tertiary/aromatic N) is 1. The van der Waals surface area contributed by atoms with Gasteiger partial charge in [-0.2, -0.15) is 12.1 Å². The predicted molar refractivity (Wildman–Crippen MR) is 92.6 cm³/mol. The van der Waals surface area contributed by atoms with Crippen LogP contribution in [0.25, 0.3) is 11.3 Å². The van der Waals surface area contributed by atoms with Crippen molar-refractivity contribution in [2.75, 3.05) is 6.61 Å². The molecule has 2 aromatic rings. The van der Waals surface area contributed by atoms with Gasteiger partial charge in [0.25, 0.3) is 6.43 Å². The van der Waals surface area contributed by atoms with Crippen LogP contribution in [-0.2, 0) is 39.3 Å². The third-order valence-electron chi connectivity index (χ3n) is 2.88. The van der Waals surface area contributed by atoms with Crippen LogP contribution in [0.15, 0.2) is 33.5 Å². The zero-order chi connectivity index (χ0) is 16.3. The fourth-order valence-electron chi connectivity index (χ4n) is 1.98. The van der Waals surface area contributed by atoms with Crippen molar-refractivity contribution in [1.82, 2.24) is 4.57 Å². The van der Waals surface area contributed by atoms with Crippen molar-refractivity contribution in [3.63, 3.8) is 0 Å². The average molecular weight is 572 g/mol. The van der Waals surface area contributed by atoms with Crippen LogP contribution in [0.5, 0.6) is 5.75 Å². The van der Waals surface area contributed by atoms with Crippen LogP contribution in [0, 0.1) is 9.64 Å². The Morgan fingerprint density at radius 3 is 2.70 bits per heavy atom. The second-order valence-corrected chi connectivity index (χ2v) is 6.38. The van der Waals surface area contributed by atoms with Crippen molar-refractivity contribution in [1.29, 1.82) is 0 Å². The van der Waals surface area contributed by atoms with Crippen molar-refractivity contribution in [3.05, 3.63) is 48.7 Å². The zero-order valence-corrected chi connectivity index (χ0v) is 18.7. The third-order valence-corrected chi connectivity index (χ3v) is 4.31. The van der Waals surface area contributed by atoms with E-state index in [4.69, 9.17) is 4.74 Å². The Morgan fingerprint density at radius 2 is 2.13 bits per heavy atom. The molecule has 1 radical (unpaired) electrons. The number of halogens is 4. The molecule has 3 nitrogen and oxygen atoms in total. The molecule has 0 bridgehead atoms. The molecule has 0 aliphatic rings. The van der Waals surface area contributed by atoms with E-state index in [0.717, 1.165) is 4.57 Å². The maximum Gasteiger partial charge on any atom is 0.256 e. The van der Waals surface area contributed by atoms with E-state index < -0.39 is 18.5 Å². The summed E-state index contributed by atoms with van der Waals surface area (Å²) in [6, 6.07) is 9.60. The molecule has 0 spiro atoms. The molecule has 0 N–H and O–H groups in total. The fraction of sp³-hybridized carbons (Fsp3) is 0.267. The molecule has 0 unspecified atom stereocenters. The summed E-state index contributed by atoms with van der Waals surface area (Å²) in [5.74, 6) is 0.659. The minimum Gasteiger partial charge on any atom is -0.494 e. The SMILES string of the molecule is CCOc1ccc(-c2[c-]cc(I)c(=O)n2CC(F)F)c(Br)c1.[Y]. The van der Waals surface area contributed by atoms with E-state index in [-0.39, 0.29) is 32.7 Å². The summed E-state index contributed by atoms with van der Waals surface area (Å²) in [5.41, 5.74) is 0.480. The van der Waals surface area contributed by atoms with Crippen molar-refractivity contribution in [2.45, 2.75) is 19.9 Å². The van der Waals surface area contributed by atoms with Gasteiger partial charge < -0.3 is 9.30 Å². The molecule has 0 aliphatic heterocycles. The second-order valence-electron chi connectivity index (χ2n) is 4.37. The molecule has 23 heavy (non-hydrogen) atoms. The topological polar surface area (TPSA) is 31.2 Å². The van der Waals surface area contributed by atoms with Crippen LogP contribution in [0.3, 0.4) is 0 Å². The van der Waals surface area contributed by atoms with Gasteiger partial charge in [0.05, 0.1) is 13.2 Å². The first-order valence-corrected chi connectivity index (χ1v) is 8.33. The van der Waals surface area contributed by atoms with Crippen LogP contribution >= 0.6 is 38.5 Å². The summed E-state index contributed by atoms with van der Waals surface area (Å²) in [7, 11) is 0. The number of benzene rings is 1. The molecule has 0 fully saturated rings. The Balaban J connectivity index is 0.00000264. The van der Waals surface area contributed by atoms with Gasteiger partial charge in [0, 0.05) is 32.7 Å². The van der Waals surface area contributed by atoms with Gasteiger partial charge in [-0.05, 0) is 27.1 Å². The van der Waals surface area contributed by atoms with Gasteiger partial charge in [0.1, 0.15) is 5.75 Å². The Morgan fingerprint density at radius 1 is 1.43 bits per heavy atom. The van der Waals surface area contributed by atoms with Crippen molar-refractivity contribution >= 4 is 38.5 Å².